The molecule has 5 heteroatoms. The minimum atomic E-state index is 0.236. The summed E-state index contributed by atoms with van der Waals surface area (Å²) in [5, 5.41) is 18.8. The monoisotopic (exact) mass is 493 g/mol. The van der Waals surface area contributed by atoms with Crippen molar-refractivity contribution in [1.82, 2.24) is 9.55 Å². The maximum Gasteiger partial charge on any atom is 0.143 e. The lowest BCUT2D eigenvalue weighted by atomic mass is 9.98. The zero-order valence-corrected chi connectivity index (χ0v) is 22.6. The molecule has 2 unspecified atom stereocenters. The Morgan fingerprint density at radius 1 is 1.26 bits per heavy atom. The lowest BCUT2D eigenvalue weighted by Gasteiger charge is -2.20. The van der Waals surface area contributed by atoms with Gasteiger partial charge >= 0.3 is 0 Å². The minimum Gasteiger partial charge on any atom is -0.508 e. The van der Waals surface area contributed by atoms with Gasteiger partial charge in [-0.2, -0.15) is 0 Å². The van der Waals surface area contributed by atoms with Gasteiger partial charge in [0.1, 0.15) is 11.2 Å². The molecule has 0 radical (unpaired) electrons. The van der Waals surface area contributed by atoms with Crippen LogP contribution in [0.2, 0.25) is 0 Å². The molecule has 1 aliphatic rings. The Bertz CT molecular complexity index is 1210. The summed E-state index contributed by atoms with van der Waals surface area (Å²) in [4.78, 5) is 3.55. The lowest BCUT2D eigenvalue weighted by molar-refractivity contribution is 0.343. The Kier molecular flexibility index (Phi) is 10.5. The number of hydrogen-bond acceptors (Lipinski definition) is 3. The van der Waals surface area contributed by atoms with Gasteiger partial charge in [0.2, 0.25) is 0 Å². The van der Waals surface area contributed by atoms with E-state index < -0.39 is 0 Å². The molecular weight excluding hydrogens is 450 g/mol. The molecule has 0 spiro atoms. The molecule has 1 saturated carbocycles. The van der Waals surface area contributed by atoms with E-state index in [1.54, 1.807) is 23.5 Å². The van der Waals surface area contributed by atoms with Crippen molar-refractivity contribution in [2.24, 2.45) is 5.92 Å². The Hall–Kier alpha value is -2.53. The average molecular weight is 494 g/mol. The van der Waals surface area contributed by atoms with E-state index in [0.717, 1.165) is 39.8 Å². The average Bonchev–Trinajstić information content (AvgIpc) is 3.50. The predicted molar refractivity (Wildman–Crippen MR) is 151 cm³/mol. The fraction of sp³-hybridized carbons (Fsp3) is 0.500. The highest BCUT2D eigenvalue weighted by Crippen LogP contribution is 2.37. The fourth-order valence-corrected chi connectivity index (χ4v) is 6.24. The number of aliphatic hydroxyl groups excluding tert-OH is 1. The van der Waals surface area contributed by atoms with E-state index in [0.29, 0.717) is 17.4 Å². The minimum absolute atomic E-state index is 0.236. The largest absolute Gasteiger partial charge is 0.508 e. The topological polar surface area (TPSA) is 64.8 Å². The standard InChI is InChI=1S/C30H43N3OS/c1-5-8-9-10-15-24-20-25(17-12-18-26(34)14-7-3)32-27(24)21-29-30(31)33(22(4)35-29)28-19-11-16-23(28)13-6-2/h7,12,14,17-18,20-21,23,28,31-32,34H,4-6,8-11,13,15-16,19H2,1-3H3/b14-7-,17-12+,26-18+,29-21-,31-30?. The van der Waals surface area contributed by atoms with Gasteiger partial charge in [-0.05, 0) is 80.9 Å². The molecule has 3 N–H and O–H groups in total. The molecule has 0 amide bonds. The van der Waals surface area contributed by atoms with Crippen LogP contribution in [0.15, 0.2) is 36.1 Å². The number of allylic oxidation sites excluding steroid dienone is 4. The smallest absolute Gasteiger partial charge is 0.143 e. The van der Waals surface area contributed by atoms with Gasteiger partial charge < -0.3 is 14.7 Å². The van der Waals surface area contributed by atoms with Crippen LogP contribution in [0.1, 0.15) is 102 Å². The van der Waals surface area contributed by atoms with Gasteiger partial charge in [-0.1, -0.05) is 64.7 Å². The van der Waals surface area contributed by atoms with Gasteiger partial charge in [0.05, 0.1) is 9.20 Å². The molecule has 190 valence electrons. The maximum absolute atomic E-state index is 9.83. The summed E-state index contributed by atoms with van der Waals surface area (Å²) in [6, 6.07) is 2.63. The van der Waals surface area contributed by atoms with E-state index in [2.05, 4.69) is 42.1 Å². The van der Waals surface area contributed by atoms with Crippen molar-refractivity contribution in [2.75, 3.05) is 0 Å². The highest BCUT2D eigenvalue weighted by atomic mass is 32.1. The van der Waals surface area contributed by atoms with Crippen molar-refractivity contribution >= 4 is 30.1 Å². The van der Waals surface area contributed by atoms with Crippen molar-refractivity contribution in [2.45, 2.75) is 91.0 Å². The molecule has 3 rings (SSSR count). The number of aromatic amines is 1. The third kappa shape index (κ3) is 7.23. The molecule has 35 heavy (non-hydrogen) atoms. The highest BCUT2D eigenvalue weighted by molar-refractivity contribution is 7.07. The first-order valence-electron chi connectivity index (χ1n) is 13.4. The van der Waals surface area contributed by atoms with Crippen molar-refractivity contribution < 1.29 is 5.11 Å². The molecule has 4 nitrogen and oxygen atoms in total. The van der Waals surface area contributed by atoms with Crippen molar-refractivity contribution in [3.8, 4) is 0 Å². The molecule has 0 aromatic carbocycles. The molecule has 0 aliphatic heterocycles. The molecule has 2 atom stereocenters. The summed E-state index contributed by atoms with van der Waals surface area (Å²) >= 11 is 1.64. The molecular formula is C30H43N3OS. The number of aryl methyl sites for hydroxylation is 1. The number of nitrogens with zero attached hydrogens (tertiary/aromatic N) is 1. The van der Waals surface area contributed by atoms with Gasteiger partial charge in [0.15, 0.2) is 0 Å². The van der Waals surface area contributed by atoms with E-state index in [9.17, 15) is 5.11 Å². The zero-order chi connectivity index (χ0) is 25.2. The van der Waals surface area contributed by atoms with Crippen LogP contribution in [0.5, 0.6) is 0 Å². The van der Waals surface area contributed by atoms with Gasteiger partial charge in [0, 0.05) is 17.4 Å². The SMILES string of the molecule is C=c1s/c(=C\c2[nH]c(/C=C/C=C(O)\C=C/C)cc2CCCCCC)c(=N)n1C1CCCC1CCC. The normalized spacial score (nSPS) is 19.6. The summed E-state index contributed by atoms with van der Waals surface area (Å²) in [5.74, 6) is 0.903. The Labute approximate surface area is 214 Å². The zero-order valence-electron chi connectivity index (χ0n) is 21.8. The molecule has 2 aromatic rings. The molecule has 0 saturated heterocycles. The van der Waals surface area contributed by atoms with Gasteiger partial charge in [-0.15, -0.1) is 11.3 Å². The van der Waals surface area contributed by atoms with Crippen LogP contribution < -0.4 is 14.7 Å². The second-order valence-electron chi connectivity index (χ2n) is 9.69. The van der Waals surface area contributed by atoms with Crippen LogP contribution in [0, 0.1) is 11.3 Å². The number of unbranched alkanes of at least 4 members (excludes halogenated alkanes) is 3. The van der Waals surface area contributed by atoms with Crippen LogP contribution in [-0.4, -0.2) is 14.7 Å². The summed E-state index contributed by atoms with van der Waals surface area (Å²) in [6.07, 6.45) is 23.2. The van der Waals surface area contributed by atoms with E-state index in [-0.39, 0.29) is 5.76 Å². The molecule has 1 fully saturated rings. The van der Waals surface area contributed by atoms with Gasteiger partial charge in [0.25, 0.3) is 0 Å². The number of H-pyrrole nitrogens is 1. The summed E-state index contributed by atoms with van der Waals surface area (Å²) in [6.45, 7) is 10.7. The fourth-order valence-electron chi connectivity index (χ4n) is 5.29. The highest BCUT2D eigenvalue weighted by Gasteiger charge is 2.29. The number of hydrogen-bond donors (Lipinski definition) is 3. The summed E-state index contributed by atoms with van der Waals surface area (Å²) in [5.41, 5.74) is 3.99. The van der Waals surface area contributed by atoms with Crippen molar-refractivity contribution in [3.63, 3.8) is 0 Å². The third-order valence-electron chi connectivity index (χ3n) is 6.99. The predicted octanol–water partition coefficient (Wildman–Crippen LogP) is 6.89. The van der Waals surface area contributed by atoms with E-state index in [1.807, 2.05) is 25.2 Å². The second-order valence-corrected chi connectivity index (χ2v) is 10.8. The first-order valence-corrected chi connectivity index (χ1v) is 14.2. The van der Waals surface area contributed by atoms with Crippen molar-refractivity contribution in [3.05, 3.63) is 67.8 Å². The molecule has 0 bridgehead atoms. The lowest BCUT2D eigenvalue weighted by Crippen LogP contribution is -2.36. The maximum atomic E-state index is 9.83. The van der Waals surface area contributed by atoms with E-state index >= 15 is 0 Å². The van der Waals surface area contributed by atoms with Crippen molar-refractivity contribution in [1.29, 1.82) is 5.41 Å². The molecule has 2 aromatic heterocycles. The molecule has 1 aliphatic carbocycles. The van der Waals surface area contributed by atoms with E-state index in [1.165, 1.54) is 50.5 Å². The van der Waals surface area contributed by atoms with Gasteiger partial charge in [-0.3, -0.25) is 5.41 Å². The Morgan fingerprint density at radius 2 is 2.09 bits per heavy atom. The van der Waals surface area contributed by atoms with Crippen LogP contribution in [-0.2, 0) is 6.42 Å². The van der Waals surface area contributed by atoms with Gasteiger partial charge in [-0.25, -0.2) is 0 Å². The first kappa shape index (κ1) is 27.1. The number of rotatable bonds is 12. The first-order chi connectivity index (χ1) is 17.0. The second kappa shape index (κ2) is 13.5. The Morgan fingerprint density at radius 3 is 2.83 bits per heavy atom. The van der Waals surface area contributed by atoms with Crippen LogP contribution in [0.3, 0.4) is 0 Å². The summed E-state index contributed by atoms with van der Waals surface area (Å²) < 4.78 is 4.19. The molecule has 2 heterocycles. The van der Waals surface area contributed by atoms with Crippen LogP contribution in [0.4, 0.5) is 0 Å². The summed E-state index contributed by atoms with van der Waals surface area (Å²) in [7, 11) is 0. The number of aliphatic hydroxyl groups is 1. The number of nitrogens with one attached hydrogen (secondary N) is 2. The number of thiazole rings is 1. The number of aromatic nitrogens is 2. The van der Waals surface area contributed by atoms with E-state index in [4.69, 9.17) is 5.41 Å². The third-order valence-corrected chi connectivity index (χ3v) is 7.95. The van der Waals surface area contributed by atoms with Crippen LogP contribution >= 0.6 is 11.3 Å². The quantitative estimate of drug-likeness (QED) is 0.168. The van der Waals surface area contributed by atoms with Crippen LogP contribution in [0.25, 0.3) is 18.7 Å². The Balaban J connectivity index is 1.95.